The predicted octanol–water partition coefficient (Wildman–Crippen LogP) is 5.24. The van der Waals surface area contributed by atoms with Gasteiger partial charge in [-0.2, -0.15) is 0 Å². The molecular formula is C23H25N. The largest absolute Gasteiger partial charge is 0.297 e. The lowest BCUT2D eigenvalue weighted by molar-refractivity contribution is 0.264. The van der Waals surface area contributed by atoms with Crippen LogP contribution in [0.1, 0.15) is 49.8 Å². The Kier molecular flexibility index (Phi) is 2.91. The topological polar surface area (TPSA) is 3.24 Å². The van der Waals surface area contributed by atoms with E-state index in [4.69, 9.17) is 0 Å². The van der Waals surface area contributed by atoms with E-state index in [1.165, 1.54) is 47.1 Å². The molecule has 2 bridgehead atoms. The third-order valence-electron chi connectivity index (χ3n) is 6.70. The van der Waals surface area contributed by atoms with Crippen molar-refractivity contribution < 1.29 is 0 Å². The zero-order valence-electron chi connectivity index (χ0n) is 14.8. The average Bonchev–Trinajstić information content (AvgIpc) is 2.93. The summed E-state index contributed by atoms with van der Waals surface area (Å²) in [6, 6.07) is 17.5. The van der Waals surface area contributed by atoms with E-state index in [1.807, 2.05) is 0 Å². The SMILES string of the molecule is CN1C2C=C(c3ccc4c(c3)C(C)(C)c3ccccc3-4)CC1CC2. The van der Waals surface area contributed by atoms with Crippen LogP contribution in [0.2, 0.25) is 0 Å². The molecule has 2 unspecified atom stereocenters. The number of nitrogens with zero attached hydrogens (tertiary/aromatic N) is 1. The van der Waals surface area contributed by atoms with E-state index in [0.717, 1.165) is 6.04 Å². The molecule has 0 aromatic heterocycles. The summed E-state index contributed by atoms with van der Waals surface area (Å²) in [5.74, 6) is 0. The fourth-order valence-corrected chi connectivity index (χ4v) is 5.16. The summed E-state index contributed by atoms with van der Waals surface area (Å²) in [5, 5.41) is 0. The molecule has 1 nitrogen and oxygen atoms in total. The molecule has 1 saturated heterocycles. The predicted molar refractivity (Wildman–Crippen MR) is 101 cm³/mol. The van der Waals surface area contributed by atoms with Gasteiger partial charge in [-0.1, -0.05) is 56.3 Å². The summed E-state index contributed by atoms with van der Waals surface area (Å²) in [6.07, 6.45) is 6.41. The van der Waals surface area contributed by atoms with Crippen molar-refractivity contribution in [3.63, 3.8) is 0 Å². The summed E-state index contributed by atoms with van der Waals surface area (Å²) in [6.45, 7) is 4.74. The van der Waals surface area contributed by atoms with Gasteiger partial charge in [-0.25, -0.2) is 0 Å². The minimum absolute atomic E-state index is 0.104. The molecule has 0 saturated carbocycles. The number of hydrogen-bond acceptors (Lipinski definition) is 1. The first-order chi connectivity index (χ1) is 11.6. The van der Waals surface area contributed by atoms with E-state index < -0.39 is 0 Å². The fourth-order valence-electron chi connectivity index (χ4n) is 5.16. The van der Waals surface area contributed by atoms with Crippen molar-refractivity contribution in [1.82, 2.24) is 4.90 Å². The number of hydrogen-bond donors (Lipinski definition) is 0. The molecule has 1 heteroatoms. The van der Waals surface area contributed by atoms with E-state index >= 15 is 0 Å². The first-order valence-corrected chi connectivity index (χ1v) is 9.23. The van der Waals surface area contributed by atoms with Crippen LogP contribution < -0.4 is 0 Å². The van der Waals surface area contributed by atoms with Gasteiger partial charge >= 0.3 is 0 Å². The number of likely N-dealkylation sites (N-methyl/N-ethyl adjacent to an activating group) is 1. The average molecular weight is 315 g/mol. The molecule has 1 fully saturated rings. The molecule has 5 rings (SSSR count). The second-order valence-electron chi connectivity index (χ2n) is 8.29. The third kappa shape index (κ3) is 1.85. The van der Waals surface area contributed by atoms with Crippen molar-refractivity contribution in [1.29, 1.82) is 0 Å². The van der Waals surface area contributed by atoms with Crippen LogP contribution in [0, 0.1) is 0 Å². The van der Waals surface area contributed by atoms with Gasteiger partial charge in [-0.05, 0) is 65.8 Å². The number of rotatable bonds is 1. The highest BCUT2D eigenvalue weighted by molar-refractivity contribution is 5.83. The molecule has 2 aromatic rings. The smallest absolute Gasteiger partial charge is 0.0284 e. The van der Waals surface area contributed by atoms with Gasteiger partial charge in [0.1, 0.15) is 0 Å². The van der Waals surface area contributed by atoms with E-state index in [-0.39, 0.29) is 5.41 Å². The van der Waals surface area contributed by atoms with Crippen molar-refractivity contribution in [3.05, 3.63) is 65.2 Å². The molecule has 0 amide bonds. The van der Waals surface area contributed by atoms with Crippen LogP contribution in [-0.2, 0) is 5.41 Å². The molecule has 0 spiro atoms. The molecule has 2 atom stereocenters. The second-order valence-corrected chi connectivity index (χ2v) is 8.29. The van der Waals surface area contributed by atoms with E-state index in [2.05, 4.69) is 74.3 Å². The van der Waals surface area contributed by atoms with E-state index in [0.29, 0.717) is 6.04 Å². The Bertz CT molecular complexity index is 858. The Hall–Kier alpha value is -1.86. The van der Waals surface area contributed by atoms with Gasteiger partial charge in [-0.3, -0.25) is 4.90 Å². The Morgan fingerprint density at radius 1 is 0.958 bits per heavy atom. The summed E-state index contributed by atoms with van der Waals surface area (Å²) in [7, 11) is 2.29. The van der Waals surface area contributed by atoms with Gasteiger partial charge in [0.15, 0.2) is 0 Å². The van der Waals surface area contributed by atoms with Crippen molar-refractivity contribution in [3.8, 4) is 11.1 Å². The van der Waals surface area contributed by atoms with Crippen LogP contribution in [-0.4, -0.2) is 24.0 Å². The zero-order valence-corrected chi connectivity index (χ0v) is 14.8. The monoisotopic (exact) mass is 315 g/mol. The molecule has 0 radical (unpaired) electrons. The summed E-state index contributed by atoms with van der Waals surface area (Å²) >= 11 is 0. The Morgan fingerprint density at radius 2 is 1.75 bits per heavy atom. The molecule has 24 heavy (non-hydrogen) atoms. The maximum atomic E-state index is 2.57. The third-order valence-corrected chi connectivity index (χ3v) is 6.70. The molecule has 3 aliphatic rings. The summed E-state index contributed by atoms with van der Waals surface area (Å²) < 4.78 is 0. The van der Waals surface area contributed by atoms with Gasteiger partial charge in [0.05, 0.1) is 0 Å². The summed E-state index contributed by atoms with van der Waals surface area (Å²) in [5.41, 5.74) is 8.92. The van der Waals surface area contributed by atoms with Crippen molar-refractivity contribution in [2.75, 3.05) is 7.05 Å². The second kappa shape index (κ2) is 4.83. The quantitative estimate of drug-likeness (QED) is 0.695. The van der Waals surface area contributed by atoms with Crippen LogP contribution in [0.3, 0.4) is 0 Å². The van der Waals surface area contributed by atoms with E-state index in [1.54, 1.807) is 5.57 Å². The Labute approximate surface area is 145 Å². The standard InChI is InChI=1S/C23H25N/c1-23(2)21-7-5-4-6-19(21)20-11-8-15(14-22(20)23)16-12-17-9-10-18(13-16)24(17)3/h4-8,11-12,14,17-18H,9-10,13H2,1-3H3. The lowest BCUT2D eigenvalue weighted by Gasteiger charge is -2.31. The number of benzene rings is 2. The van der Waals surface area contributed by atoms with Crippen LogP contribution >= 0.6 is 0 Å². The maximum Gasteiger partial charge on any atom is 0.0284 e. The van der Waals surface area contributed by atoms with Crippen LogP contribution in [0.5, 0.6) is 0 Å². The molecule has 2 aliphatic heterocycles. The van der Waals surface area contributed by atoms with Gasteiger partial charge in [0.2, 0.25) is 0 Å². The first-order valence-electron chi connectivity index (χ1n) is 9.23. The highest BCUT2D eigenvalue weighted by atomic mass is 15.2. The summed E-state index contributed by atoms with van der Waals surface area (Å²) in [4.78, 5) is 2.57. The van der Waals surface area contributed by atoms with Crippen LogP contribution in [0.15, 0.2) is 48.5 Å². The van der Waals surface area contributed by atoms with E-state index in [9.17, 15) is 0 Å². The Balaban J connectivity index is 1.61. The van der Waals surface area contributed by atoms with Crippen LogP contribution in [0.4, 0.5) is 0 Å². The lowest BCUT2D eigenvalue weighted by Crippen LogP contribution is -2.34. The molecule has 1 aliphatic carbocycles. The highest BCUT2D eigenvalue weighted by Gasteiger charge is 2.37. The molecule has 0 N–H and O–H groups in total. The zero-order chi connectivity index (χ0) is 16.5. The van der Waals surface area contributed by atoms with Gasteiger partial charge in [0, 0.05) is 17.5 Å². The first kappa shape index (κ1) is 14.5. The maximum absolute atomic E-state index is 2.57. The van der Waals surface area contributed by atoms with Crippen LogP contribution in [0.25, 0.3) is 16.7 Å². The minimum atomic E-state index is 0.104. The molecular weight excluding hydrogens is 290 g/mol. The fraction of sp³-hybridized carbons (Fsp3) is 0.391. The van der Waals surface area contributed by atoms with Crippen molar-refractivity contribution in [2.45, 2.75) is 50.6 Å². The van der Waals surface area contributed by atoms with Crippen molar-refractivity contribution in [2.24, 2.45) is 0 Å². The molecule has 2 aromatic carbocycles. The van der Waals surface area contributed by atoms with Gasteiger partial charge in [0.25, 0.3) is 0 Å². The normalized spacial score (nSPS) is 26.9. The van der Waals surface area contributed by atoms with Gasteiger partial charge in [-0.15, -0.1) is 0 Å². The lowest BCUT2D eigenvalue weighted by atomic mass is 9.81. The number of fused-ring (bicyclic) bond motifs is 5. The van der Waals surface area contributed by atoms with Crippen molar-refractivity contribution >= 4 is 5.57 Å². The molecule has 2 heterocycles. The van der Waals surface area contributed by atoms with Gasteiger partial charge < -0.3 is 0 Å². The highest BCUT2D eigenvalue weighted by Crippen LogP contribution is 2.49. The molecule has 122 valence electrons. The minimum Gasteiger partial charge on any atom is -0.297 e. The Morgan fingerprint density at radius 3 is 2.58 bits per heavy atom.